The number of nitrogens with zero attached hydrogens (tertiary/aromatic N) is 1. The van der Waals surface area contributed by atoms with Crippen LogP contribution in [-0.4, -0.2) is 42.5 Å². The van der Waals surface area contributed by atoms with E-state index in [1.54, 1.807) is 0 Å². The number of carbonyl (C=O) groups is 1. The van der Waals surface area contributed by atoms with Crippen molar-refractivity contribution in [1.82, 2.24) is 4.90 Å². The second-order valence-corrected chi connectivity index (χ2v) is 5.61. The van der Waals surface area contributed by atoms with Gasteiger partial charge in [-0.15, -0.1) is 0 Å². The van der Waals surface area contributed by atoms with E-state index in [0.717, 1.165) is 17.7 Å². The average Bonchev–Trinajstić information content (AvgIpc) is 2.41. The number of Topliss-reactive ketones (excluding diaryl/α,β-unsaturated/α-hetero) is 1. The van der Waals surface area contributed by atoms with Gasteiger partial charge in [0.05, 0.1) is 6.61 Å². The summed E-state index contributed by atoms with van der Waals surface area (Å²) in [6, 6.07) is 6.34. The fraction of sp³-hybridized carbons (Fsp3) is 0.562. The summed E-state index contributed by atoms with van der Waals surface area (Å²) >= 11 is 0. The first-order valence-electron chi connectivity index (χ1n) is 6.96. The van der Waals surface area contributed by atoms with Crippen LogP contribution in [0.15, 0.2) is 18.2 Å². The zero-order valence-electron chi connectivity index (χ0n) is 12.3. The minimum absolute atomic E-state index is 0.105. The van der Waals surface area contributed by atoms with Gasteiger partial charge in [-0.25, -0.2) is 0 Å². The minimum Gasteiger partial charge on any atom is -0.367 e. The summed E-state index contributed by atoms with van der Waals surface area (Å²) in [7, 11) is 0. The number of rotatable bonds is 3. The predicted molar refractivity (Wildman–Crippen MR) is 76.7 cm³/mol. The van der Waals surface area contributed by atoms with Crippen LogP contribution in [0.4, 0.5) is 0 Å². The summed E-state index contributed by atoms with van der Waals surface area (Å²) in [5.41, 5.74) is 3.13. The number of hydrogen-bond donors (Lipinski definition) is 0. The van der Waals surface area contributed by atoms with Gasteiger partial charge < -0.3 is 4.74 Å². The van der Waals surface area contributed by atoms with Crippen LogP contribution in [0.25, 0.3) is 0 Å². The highest BCUT2D eigenvalue weighted by Gasteiger charge is 2.28. The Hall–Kier alpha value is -1.19. The van der Waals surface area contributed by atoms with E-state index in [4.69, 9.17) is 4.74 Å². The second kappa shape index (κ2) is 5.85. The van der Waals surface area contributed by atoms with Crippen molar-refractivity contribution < 1.29 is 9.53 Å². The maximum absolute atomic E-state index is 12.5. The summed E-state index contributed by atoms with van der Waals surface area (Å²) in [5, 5.41) is 0. The Morgan fingerprint density at radius 3 is 2.68 bits per heavy atom. The van der Waals surface area contributed by atoms with Crippen LogP contribution in [-0.2, 0) is 4.74 Å². The molecule has 0 aromatic heterocycles. The molecule has 0 spiro atoms. The number of ether oxygens (including phenoxy) is 1. The molecule has 1 unspecified atom stereocenters. The van der Waals surface area contributed by atoms with Gasteiger partial charge in [0.1, 0.15) is 6.10 Å². The third kappa shape index (κ3) is 3.23. The number of carbonyl (C=O) groups excluding carboxylic acids is 1. The van der Waals surface area contributed by atoms with Crippen LogP contribution >= 0.6 is 0 Å². The van der Waals surface area contributed by atoms with E-state index in [-0.39, 0.29) is 11.9 Å². The normalized spacial score (nSPS) is 20.8. The molecule has 1 aromatic carbocycles. The highest BCUT2D eigenvalue weighted by Crippen LogP contribution is 2.16. The van der Waals surface area contributed by atoms with E-state index >= 15 is 0 Å². The molecule has 0 radical (unpaired) electrons. The topological polar surface area (TPSA) is 29.5 Å². The first kappa shape index (κ1) is 14.2. The maximum atomic E-state index is 12.5. The molecule has 0 saturated carbocycles. The molecule has 1 saturated heterocycles. The highest BCUT2D eigenvalue weighted by molar-refractivity contribution is 6.00. The molecule has 1 atom stereocenters. The molecular formula is C16H23NO2. The average molecular weight is 261 g/mol. The van der Waals surface area contributed by atoms with E-state index in [1.165, 1.54) is 5.56 Å². The number of benzene rings is 1. The summed E-state index contributed by atoms with van der Waals surface area (Å²) in [6.45, 7) is 10.7. The molecule has 19 heavy (non-hydrogen) atoms. The molecule has 3 heteroatoms. The third-order valence-corrected chi connectivity index (χ3v) is 3.91. The monoisotopic (exact) mass is 261 g/mol. The quantitative estimate of drug-likeness (QED) is 0.783. The van der Waals surface area contributed by atoms with E-state index < -0.39 is 0 Å². The van der Waals surface area contributed by atoms with Crippen molar-refractivity contribution in [2.24, 2.45) is 0 Å². The summed E-state index contributed by atoms with van der Waals surface area (Å²) in [5.74, 6) is 0.105. The summed E-state index contributed by atoms with van der Waals surface area (Å²) in [4.78, 5) is 14.8. The van der Waals surface area contributed by atoms with Crippen molar-refractivity contribution in [3.05, 3.63) is 34.9 Å². The maximum Gasteiger partial charge on any atom is 0.192 e. The molecule has 0 aliphatic carbocycles. The lowest BCUT2D eigenvalue weighted by Crippen LogP contribution is -2.48. The fourth-order valence-electron chi connectivity index (χ4n) is 2.38. The van der Waals surface area contributed by atoms with Gasteiger partial charge in [0.15, 0.2) is 5.78 Å². The van der Waals surface area contributed by atoms with Gasteiger partial charge in [-0.2, -0.15) is 0 Å². The molecule has 1 heterocycles. The van der Waals surface area contributed by atoms with Crippen LogP contribution in [0.5, 0.6) is 0 Å². The number of aryl methyl sites for hydroxylation is 2. The highest BCUT2D eigenvalue weighted by atomic mass is 16.5. The number of morpholine rings is 1. The zero-order valence-corrected chi connectivity index (χ0v) is 12.3. The van der Waals surface area contributed by atoms with Gasteiger partial charge in [-0.3, -0.25) is 9.69 Å². The molecule has 1 aliphatic heterocycles. The van der Waals surface area contributed by atoms with Gasteiger partial charge in [-0.1, -0.05) is 12.1 Å². The second-order valence-electron chi connectivity index (χ2n) is 5.61. The molecule has 1 aliphatic rings. The minimum atomic E-state index is -0.321. The lowest BCUT2D eigenvalue weighted by Gasteiger charge is -2.34. The lowest BCUT2D eigenvalue weighted by molar-refractivity contribution is -0.0256. The van der Waals surface area contributed by atoms with Crippen LogP contribution in [0, 0.1) is 13.8 Å². The first-order chi connectivity index (χ1) is 8.99. The van der Waals surface area contributed by atoms with Gasteiger partial charge in [0.25, 0.3) is 0 Å². The van der Waals surface area contributed by atoms with E-state index in [1.807, 2.05) is 25.1 Å². The van der Waals surface area contributed by atoms with Crippen molar-refractivity contribution in [1.29, 1.82) is 0 Å². The third-order valence-electron chi connectivity index (χ3n) is 3.91. The smallest absolute Gasteiger partial charge is 0.192 e. The van der Waals surface area contributed by atoms with Crippen LogP contribution in [0.3, 0.4) is 0 Å². The predicted octanol–water partition coefficient (Wildman–Crippen LogP) is 2.60. The van der Waals surface area contributed by atoms with Gasteiger partial charge in [0.2, 0.25) is 0 Å². The molecule has 2 rings (SSSR count). The molecule has 0 amide bonds. The van der Waals surface area contributed by atoms with Gasteiger partial charge in [-0.05, 0) is 44.9 Å². The van der Waals surface area contributed by atoms with Crippen LogP contribution in [0.1, 0.15) is 35.3 Å². The van der Waals surface area contributed by atoms with Gasteiger partial charge >= 0.3 is 0 Å². The lowest BCUT2D eigenvalue weighted by atomic mass is 10.00. The van der Waals surface area contributed by atoms with E-state index in [9.17, 15) is 4.79 Å². The van der Waals surface area contributed by atoms with Crippen molar-refractivity contribution in [2.45, 2.75) is 39.8 Å². The number of ketones is 1. The van der Waals surface area contributed by atoms with E-state index in [0.29, 0.717) is 19.2 Å². The Kier molecular flexibility index (Phi) is 4.38. The zero-order chi connectivity index (χ0) is 14.0. The molecular weight excluding hydrogens is 238 g/mol. The van der Waals surface area contributed by atoms with E-state index in [2.05, 4.69) is 25.7 Å². The van der Waals surface area contributed by atoms with Crippen molar-refractivity contribution in [2.75, 3.05) is 19.7 Å². The van der Waals surface area contributed by atoms with Gasteiger partial charge in [0, 0.05) is 24.7 Å². The standard InChI is InChI=1S/C16H23NO2/c1-11(2)17-7-8-19-15(10-17)16(18)14-6-5-12(3)13(4)9-14/h5-6,9,11,15H,7-8,10H2,1-4H3. The van der Waals surface area contributed by atoms with Crippen molar-refractivity contribution >= 4 is 5.78 Å². The van der Waals surface area contributed by atoms with Crippen LogP contribution < -0.4 is 0 Å². The molecule has 0 bridgehead atoms. The van der Waals surface area contributed by atoms with Crippen LogP contribution in [0.2, 0.25) is 0 Å². The first-order valence-corrected chi connectivity index (χ1v) is 6.96. The molecule has 104 valence electrons. The summed E-state index contributed by atoms with van der Waals surface area (Å²) < 4.78 is 5.65. The molecule has 1 aromatic rings. The Morgan fingerprint density at radius 2 is 2.05 bits per heavy atom. The molecule has 3 nitrogen and oxygen atoms in total. The van der Waals surface area contributed by atoms with Crippen molar-refractivity contribution in [3.63, 3.8) is 0 Å². The fourth-order valence-corrected chi connectivity index (χ4v) is 2.38. The summed E-state index contributed by atoms with van der Waals surface area (Å²) in [6.07, 6.45) is -0.321. The Balaban J connectivity index is 2.12. The Morgan fingerprint density at radius 1 is 1.32 bits per heavy atom. The Bertz CT molecular complexity index is 468. The largest absolute Gasteiger partial charge is 0.367 e. The Labute approximate surface area is 115 Å². The molecule has 1 fully saturated rings. The number of hydrogen-bond acceptors (Lipinski definition) is 3. The molecule has 0 N–H and O–H groups in total. The SMILES string of the molecule is Cc1ccc(C(=O)C2CN(C(C)C)CCO2)cc1C. The van der Waals surface area contributed by atoms with Crippen molar-refractivity contribution in [3.8, 4) is 0 Å².